The molecular formula is C13H24N6S. The largest absolute Gasteiger partial charge is 0.368 e. The van der Waals surface area contributed by atoms with Crippen molar-refractivity contribution < 1.29 is 0 Å². The molecule has 0 aliphatic heterocycles. The Kier molecular flexibility index (Phi) is 5.06. The van der Waals surface area contributed by atoms with Crippen LogP contribution in [0.25, 0.3) is 0 Å². The fourth-order valence-electron chi connectivity index (χ4n) is 2.75. The predicted octanol–water partition coefficient (Wildman–Crippen LogP) is 1.77. The van der Waals surface area contributed by atoms with Gasteiger partial charge in [-0.25, -0.2) is 15.8 Å². The topological polar surface area (TPSA) is 79.1 Å². The molecular weight excluding hydrogens is 272 g/mol. The molecule has 20 heavy (non-hydrogen) atoms. The van der Waals surface area contributed by atoms with Gasteiger partial charge in [-0.2, -0.15) is 0 Å². The van der Waals surface area contributed by atoms with Gasteiger partial charge in [-0.05, 0) is 33.2 Å². The SMILES string of the molecule is CSc1nc(NN)cc(NCC2(N(C)C)CCCC2)n1. The number of anilines is 2. The highest BCUT2D eigenvalue weighted by Gasteiger charge is 2.35. The summed E-state index contributed by atoms with van der Waals surface area (Å²) in [5, 5.41) is 4.17. The zero-order valence-corrected chi connectivity index (χ0v) is 13.3. The van der Waals surface area contributed by atoms with Crippen molar-refractivity contribution >= 4 is 23.4 Å². The van der Waals surface area contributed by atoms with Crippen molar-refractivity contribution in [3.63, 3.8) is 0 Å². The Morgan fingerprint density at radius 1 is 1.30 bits per heavy atom. The molecule has 1 fully saturated rings. The van der Waals surface area contributed by atoms with Crippen molar-refractivity contribution in [2.24, 2.45) is 5.84 Å². The summed E-state index contributed by atoms with van der Waals surface area (Å²) in [6, 6.07) is 1.85. The second-order valence-corrected chi connectivity index (χ2v) is 6.22. The molecule has 1 heterocycles. The second-order valence-electron chi connectivity index (χ2n) is 5.45. The minimum absolute atomic E-state index is 0.237. The van der Waals surface area contributed by atoms with E-state index in [2.05, 4.69) is 39.7 Å². The average molecular weight is 296 g/mol. The molecule has 2 rings (SSSR count). The van der Waals surface area contributed by atoms with Crippen LogP contribution in [0.4, 0.5) is 11.6 Å². The summed E-state index contributed by atoms with van der Waals surface area (Å²) in [4.78, 5) is 11.1. The van der Waals surface area contributed by atoms with E-state index in [9.17, 15) is 0 Å². The fraction of sp³-hybridized carbons (Fsp3) is 0.692. The molecule has 6 nitrogen and oxygen atoms in total. The standard InChI is InChI=1S/C13H24N6S/c1-19(2)13(6-4-5-7-13)9-15-10-8-11(18-14)17-12(16-10)20-3/h8H,4-7,9,14H2,1-3H3,(H2,15,16,17,18). The molecule has 1 aromatic heterocycles. The molecule has 0 amide bonds. The van der Waals surface area contributed by atoms with Crippen molar-refractivity contribution in [2.75, 3.05) is 37.6 Å². The van der Waals surface area contributed by atoms with Gasteiger partial charge in [-0.3, -0.25) is 0 Å². The van der Waals surface area contributed by atoms with Crippen LogP contribution < -0.4 is 16.6 Å². The average Bonchev–Trinajstić information content (AvgIpc) is 2.95. The van der Waals surface area contributed by atoms with E-state index in [1.165, 1.54) is 37.4 Å². The zero-order chi connectivity index (χ0) is 14.6. The number of rotatable bonds is 6. The maximum Gasteiger partial charge on any atom is 0.191 e. The summed E-state index contributed by atoms with van der Waals surface area (Å²) >= 11 is 1.51. The summed E-state index contributed by atoms with van der Waals surface area (Å²) in [6.07, 6.45) is 7.02. The van der Waals surface area contributed by atoms with Crippen LogP contribution in [0.2, 0.25) is 0 Å². The number of nitrogens with two attached hydrogens (primary N) is 1. The molecule has 0 aromatic carbocycles. The number of nitrogens with zero attached hydrogens (tertiary/aromatic N) is 3. The van der Waals surface area contributed by atoms with Crippen LogP contribution in [0.15, 0.2) is 11.2 Å². The maximum absolute atomic E-state index is 5.45. The van der Waals surface area contributed by atoms with Gasteiger partial charge in [-0.15, -0.1) is 0 Å². The molecule has 4 N–H and O–H groups in total. The van der Waals surface area contributed by atoms with E-state index in [-0.39, 0.29) is 5.54 Å². The molecule has 0 atom stereocenters. The number of nitrogens with one attached hydrogen (secondary N) is 2. The van der Waals surface area contributed by atoms with Crippen LogP contribution >= 0.6 is 11.8 Å². The van der Waals surface area contributed by atoms with Crippen molar-refractivity contribution in [1.29, 1.82) is 0 Å². The van der Waals surface area contributed by atoms with E-state index in [0.717, 1.165) is 12.4 Å². The third kappa shape index (κ3) is 3.34. The summed E-state index contributed by atoms with van der Waals surface area (Å²) in [7, 11) is 4.32. The molecule has 1 aliphatic rings. The maximum atomic E-state index is 5.45. The number of hydrogen-bond donors (Lipinski definition) is 3. The Bertz CT molecular complexity index is 422. The van der Waals surface area contributed by atoms with Crippen molar-refractivity contribution in [3.05, 3.63) is 6.07 Å². The first-order valence-corrected chi connectivity index (χ1v) is 8.13. The highest BCUT2D eigenvalue weighted by atomic mass is 32.2. The van der Waals surface area contributed by atoms with Crippen molar-refractivity contribution in [2.45, 2.75) is 36.4 Å². The van der Waals surface area contributed by atoms with Gasteiger partial charge >= 0.3 is 0 Å². The summed E-state index contributed by atoms with van der Waals surface area (Å²) in [5.41, 5.74) is 2.82. The predicted molar refractivity (Wildman–Crippen MR) is 85.0 cm³/mol. The summed E-state index contributed by atoms with van der Waals surface area (Å²) in [5.74, 6) is 6.91. The quantitative estimate of drug-likeness (QED) is 0.319. The third-order valence-electron chi connectivity index (χ3n) is 4.12. The Hall–Kier alpha value is -1.05. The number of hydrazine groups is 1. The number of likely N-dealkylation sites (N-methyl/N-ethyl adjacent to an activating group) is 1. The molecule has 1 aliphatic carbocycles. The third-order valence-corrected chi connectivity index (χ3v) is 4.67. The van der Waals surface area contributed by atoms with Gasteiger partial charge in [0, 0.05) is 18.2 Å². The van der Waals surface area contributed by atoms with Crippen LogP contribution in [-0.2, 0) is 0 Å². The molecule has 1 saturated carbocycles. The van der Waals surface area contributed by atoms with Gasteiger partial charge in [0.25, 0.3) is 0 Å². The van der Waals surface area contributed by atoms with Gasteiger partial charge in [0.1, 0.15) is 11.6 Å². The van der Waals surface area contributed by atoms with Crippen LogP contribution in [0, 0.1) is 0 Å². The zero-order valence-electron chi connectivity index (χ0n) is 12.4. The van der Waals surface area contributed by atoms with E-state index in [0.29, 0.717) is 11.0 Å². The van der Waals surface area contributed by atoms with Crippen LogP contribution in [-0.4, -0.2) is 47.3 Å². The fourth-order valence-corrected chi connectivity index (χ4v) is 3.13. The smallest absolute Gasteiger partial charge is 0.191 e. The lowest BCUT2D eigenvalue weighted by molar-refractivity contribution is 0.172. The van der Waals surface area contributed by atoms with Crippen molar-refractivity contribution in [3.8, 4) is 0 Å². The van der Waals surface area contributed by atoms with E-state index in [1.54, 1.807) is 0 Å². The van der Waals surface area contributed by atoms with Gasteiger partial charge in [0.2, 0.25) is 0 Å². The number of thioether (sulfide) groups is 1. The molecule has 7 heteroatoms. The number of hydrogen-bond acceptors (Lipinski definition) is 7. The number of aromatic nitrogens is 2. The van der Waals surface area contributed by atoms with Gasteiger partial charge < -0.3 is 15.6 Å². The van der Waals surface area contributed by atoms with Crippen LogP contribution in [0.1, 0.15) is 25.7 Å². The molecule has 0 bridgehead atoms. The Labute approximate surface area is 124 Å². The lowest BCUT2D eigenvalue weighted by Crippen LogP contribution is -2.47. The van der Waals surface area contributed by atoms with E-state index < -0.39 is 0 Å². The Morgan fingerprint density at radius 3 is 2.50 bits per heavy atom. The molecule has 0 unspecified atom stereocenters. The highest BCUT2D eigenvalue weighted by molar-refractivity contribution is 7.98. The summed E-state index contributed by atoms with van der Waals surface area (Å²) < 4.78 is 0. The number of nitrogen functional groups attached to an aromatic ring is 1. The van der Waals surface area contributed by atoms with Gasteiger partial charge in [-0.1, -0.05) is 24.6 Å². The van der Waals surface area contributed by atoms with E-state index in [4.69, 9.17) is 5.84 Å². The van der Waals surface area contributed by atoms with E-state index in [1.807, 2.05) is 12.3 Å². The van der Waals surface area contributed by atoms with E-state index >= 15 is 0 Å². The van der Waals surface area contributed by atoms with Gasteiger partial charge in [0.15, 0.2) is 5.16 Å². The van der Waals surface area contributed by atoms with Crippen LogP contribution in [0.5, 0.6) is 0 Å². The first-order valence-electron chi connectivity index (χ1n) is 6.91. The monoisotopic (exact) mass is 296 g/mol. The van der Waals surface area contributed by atoms with Gasteiger partial charge in [0.05, 0.1) is 0 Å². The first kappa shape index (κ1) is 15.3. The lowest BCUT2D eigenvalue weighted by atomic mass is 9.96. The lowest BCUT2D eigenvalue weighted by Gasteiger charge is -2.36. The molecule has 0 saturated heterocycles. The highest BCUT2D eigenvalue weighted by Crippen LogP contribution is 2.34. The molecule has 112 valence electrons. The molecule has 0 spiro atoms. The minimum atomic E-state index is 0.237. The summed E-state index contributed by atoms with van der Waals surface area (Å²) in [6.45, 7) is 0.898. The Balaban J connectivity index is 2.09. The van der Waals surface area contributed by atoms with Crippen molar-refractivity contribution in [1.82, 2.24) is 14.9 Å². The van der Waals surface area contributed by atoms with Crippen LogP contribution in [0.3, 0.4) is 0 Å². The molecule has 0 radical (unpaired) electrons. The first-order chi connectivity index (χ1) is 9.59. The second kappa shape index (κ2) is 6.60. The Morgan fingerprint density at radius 2 is 1.95 bits per heavy atom. The molecule has 1 aromatic rings. The normalized spacial score (nSPS) is 17.4. The minimum Gasteiger partial charge on any atom is -0.368 e.